The molecule has 0 heterocycles. The first-order valence-electron chi connectivity index (χ1n) is 9.60. The third-order valence-electron chi connectivity index (χ3n) is 4.18. The van der Waals surface area contributed by atoms with E-state index in [1.807, 2.05) is 37.3 Å². The van der Waals surface area contributed by atoms with Crippen LogP contribution in [0, 0.1) is 0 Å². The van der Waals surface area contributed by atoms with Gasteiger partial charge in [0.15, 0.2) is 6.61 Å². The smallest absolute Gasteiger partial charge is 0.306 e. The summed E-state index contributed by atoms with van der Waals surface area (Å²) >= 11 is 0. The number of rotatable bonds is 9. The lowest BCUT2D eigenvalue weighted by Gasteiger charge is -2.14. The zero-order valence-electron chi connectivity index (χ0n) is 16.7. The fourth-order valence-corrected chi connectivity index (χ4v) is 2.57. The van der Waals surface area contributed by atoms with E-state index >= 15 is 0 Å². The maximum atomic E-state index is 11.9. The van der Waals surface area contributed by atoms with Crippen LogP contribution >= 0.6 is 0 Å². The van der Waals surface area contributed by atoms with E-state index in [-0.39, 0.29) is 31.9 Å². The highest BCUT2D eigenvalue weighted by molar-refractivity contribution is 5.95. The molecule has 158 valence electrons. The molecule has 3 N–H and O–H groups in total. The Bertz CT molecular complexity index is 856. The first kappa shape index (κ1) is 22.6. The summed E-state index contributed by atoms with van der Waals surface area (Å²) in [5, 5.41) is 2.75. The Balaban J connectivity index is 1.57. The van der Waals surface area contributed by atoms with Crippen molar-refractivity contribution < 1.29 is 23.9 Å². The predicted molar refractivity (Wildman–Crippen MR) is 110 cm³/mol. The molecule has 0 saturated heterocycles. The van der Waals surface area contributed by atoms with Gasteiger partial charge in [-0.05, 0) is 31.0 Å². The van der Waals surface area contributed by atoms with Gasteiger partial charge >= 0.3 is 5.97 Å². The van der Waals surface area contributed by atoms with E-state index < -0.39 is 23.7 Å². The Labute approximate surface area is 175 Å². The molecule has 8 heteroatoms. The largest absolute Gasteiger partial charge is 0.456 e. The number of hydrogen-bond donors (Lipinski definition) is 3. The third kappa shape index (κ3) is 8.14. The molecule has 0 bridgehead atoms. The number of hydrazine groups is 1. The van der Waals surface area contributed by atoms with Crippen molar-refractivity contribution in [3.63, 3.8) is 0 Å². The van der Waals surface area contributed by atoms with Gasteiger partial charge in [0, 0.05) is 18.4 Å². The third-order valence-corrected chi connectivity index (χ3v) is 4.18. The van der Waals surface area contributed by atoms with Crippen LogP contribution in [-0.2, 0) is 19.1 Å². The minimum atomic E-state index is -0.571. The molecule has 0 radical (unpaired) electrons. The average molecular weight is 411 g/mol. The number of carbonyl (C=O) groups excluding carboxylic acids is 4. The van der Waals surface area contributed by atoms with Crippen LogP contribution in [0.4, 0.5) is 0 Å². The molecule has 0 aliphatic heterocycles. The van der Waals surface area contributed by atoms with Crippen molar-refractivity contribution >= 4 is 23.7 Å². The van der Waals surface area contributed by atoms with Crippen LogP contribution in [0.15, 0.2) is 60.7 Å². The molecule has 0 fully saturated rings. The number of carbonyl (C=O) groups is 4. The topological polar surface area (TPSA) is 114 Å². The molecule has 2 aromatic rings. The highest BCUT2D eigenvalue weighted by atomic mass is 16.5. The van der Waals surface area contributed by atoms with E-state index in [1.54, 1.807) is 30.3 Å². The van der Waals surface area contributed by atoms with Crippen LogP contribution < -0.4 is 16.2 Å². The van der Waals surface area contributed by atoms with E-state index in [4.69, 9.17) is 4.74 Å². The van der Waals surface area contributed by atoms with Crippen molar-refractivity contribution in [3.8, 4) is 0 Å². The first-order valence-corrected chi connectivity index (χ1v) is 9.60. The lowest BCUT2D eigenvalue weighted by molar-refractivity contribution is -0.148. The molecule has 0 unspecified atom stereocenters. The fourth-order valence-electron chi connectivity index (χ4n) is 2.57. The molecular weight excluding hydrogens is 386 g/mol. The second kappa shape index (κ2) is 12.0. The van der Waals surface area contributed by atoms with Gasteiger partial charge in [-0.15, -0.1) is 0 Å². The second-order valence-electron chi connectivity index (χ2n) is 6.58. The molecular formula is C22H25N3O5. The van der Waals surface area contributed by atoms with E-state index in [0.29, 0.717) is 5.56 Å². The Morgan fingerprint density at radius 2 is 1.47 bits per heavy atom. The van der Waals surface area contributed by atoms with Crippen LogP contribution in [0.25, 0.3) is 0 Å². The lowest BCUT2D eigenvalue weighted by atomic mass is 10.1. The fraction of sp³-hybridized carbons (Fsp3) is 0.273. The monoisotopic (exact) mass is 411 g/mol. The summed E-state index contributed by atoms with van der Waals surface area (Å²) in [4.78, 5) is 47.2. The van der Waals surface area contributed by atoms with Crippen molar-refractivity contribution in [1.82, 2.24) is 16.2 Å². The lowest BCUT2D eigenvalue weighted by Crippen LogP contribution is -2.41. The van der Waals surface area contributed by atoms with Gasteiger partial charge in [-0.3, -0.25) is 30.0 Å². The quantitative estimate of drug-likeness (QED) is 0.432. The van der Waals surface area contributed by atoms with Gasteiger partial charge in [0.1, 0.15) is 0 Å². The molecule has 0 saturated carbocycles. The standard InChI is InChI=1S/C22H25N3O5/c1-16(17-9-4-2-5-10-17)23-20(27)15-30-21(28)14-8-13-19(26)24-25-22(29)18-11-6-3-7-12-18/h2-7,9-12,16H,8,13-15H2,1H3,(H,23,27)(H,24,26)(H,25,29)/t16-/m0/s1. The van der Waals surface area contributed by atoms with Crippen molar-refractivity contribution in [2.75, 3.05) is 6.61 Å². The van der Waals surface area contributed by atoms with Gasteiger partial charge in [-0.1, -0.05) is 48.5 Å². The minimum absolute atomic E-state index is 0.0123. The summed E-state index contributed by atoms with van der Waals surface area (Å²) in [6, 6.07) is 17.7. The van der Waals surface area contributed by atoms with Crippen molar-refractivity contribution in [2.45, 2.75) is 32.2 Å². The van der Waals surface area contributed by atoms with Crippen LogP contribution in [0.2, 0.25) is 0 Å². The molecule has 0 aromatic heterocycles. The van der Waals surface area contributed by atoms with Crippen molar-refractivity contribution in [2.24, 2.45) is 0 Å². The summed E-state index contributed by atoms with van der Waals surface area (Å²) < 4.78 is 4.93. The van der Waals surface area contributed by atoms with Gasteiger partial charge in [-0.25, -0.2) is 0 Å². The molecule has 3 amide bonds. The summed E-state index contributed by atoms with van der Waals surface area (Å²) in [5.41, 5.74) is 5.95. The summed E-state index contributed by atoms with van der Waals surface area (Å²) in [6.45, 7) is 1.46. The maximum Gasteiger partial charge on any atom is 0.306 e. The molecule has 0 spiro atoms. The van der Waals surface area contributed by atoms with Crippen LogP contribution in [-0.4, -0.2) is 30.3 Å². The average Bonchev–Trinajstić information content (AvgIpc) is 2.77. The molecule has 2 aromatic carbocycles. The Morgan fingerprint density at radius 1 is 0.833 bits per heavy atom. The van der Waals surface area contributed by atoms with E-state index in [0.717, 1.165) is 5.56 Å². The van der Waals surface area contributed by atoms with Gasteiger partial charge in [0.05, 0.1) is 6.04 Å². The Hall–Kier alpha value is -3.68. The van der Waals surface area contributed by atoms with Gasteiger partial charge in [-0.2, -0.15) is 0 Å². The number of benzene rings is 2. The van der Waals surface area contributed by atoms with Gasteiger partial charge < -0.3 is 10.1 Å². The van der Waals surface area contributed by atoms with E-state index in [9.17, 15) is 19.2 Å². The summed E-state index contributed by atoms with van der Waals surface area (Å²) in [6.07, 6.45) is 0.247. The van der Waals surface area contributed by atoms with E-state index in [2.05, 4.69) is 16.2 Å². The number of esters is 1. The molecule has 2 rings (SSSR count). The van der Waals surface area contributed by atoms with Crippen molar-refractivity contribution in [3.05, 3.63) is 71.8 Å². The van der Waals surface area contributed by atoms with Crippen LogP contribution in [0.1, 0.15) is 48.1 Å². The zero-order chi connectivity index (χ0) is 21.8. The molecule has 30 heavy (non-hydrogen) atoms. The number of nitrogens with one attached hydrogen (secondary N) is 3. The van der Waals surface area contributed by atoms with Crippen LogP contribution in [0.5, 0.6) is 0 Å². The summed E-state index contributed by atoms with van der Waals surface area (Å²) in [5.74, 6) is -1.83. The van der Waals surface area contributed by atoms with Crippen LogP contribution in [0.3, 0.4) is 0 Å². The molecule has 0 aliphatic carbocycles. The molecule has 1 atom stereocenters. The zero-order valence-corrected chi connectivity index (χ0v) is 16.7. The number of hydrogen-bond acceptors (Lipinski definition) is 5. The summed E-state index contributed by atoms with van der Waals surface area (Å²) in [7, 11) is 0. The van der Waals surface area contributed by atoms with Gasteiger partial charge in [0.25, 0.3) is 11.8 Å². The van der Waals surface area contributed by atoms with Crippen molar-refractivity contribution in [1.29, 1.82) is 0 Å². The minimum Gasteiger partial charge on any atom is -0.456 e. The maximum absolute atomic E-state index is 11.9. The SMILES string of the molecule is C[C@H](NC(=O)COC(=O)CCCC(=O)NNC(=O)c1ccccc1)c1ccccc1. The Morgan fingerprint density at radius 3 is 2.13 bits per heavy atom. The van der Waals surface area contributed by atoms with E-state index in [1.165, 1.54) is 0 Å². The number of ether oxygens (including phenoxy) is 1. The second-order valence-corrected chi connectivity index (χ2v) is 6.58. The Kier molecular flexibility index (Phi) is 9.05. The molecule has 0 aliphatic rings. The molecule has 8 nitrogen and oxygen atoms in total. The predicted octanol–water partition coefficient (Wildman–Crippen LogP) is 2.04. The normalized spacial score (nSPS) is 11.1. The first-order chi connectivity index (χ1) is 14.5. The highest BCUT2D eigenvalue weighted by Crippen LogP contribution is 2.10. The van der Waals surface area contributed by atoms with Gasteiger partial charge in [0.2, 0.25) is 5.91 Å². The highest BCUT2D eigenvalue weighted by Gasteiger charge is 2.12. The number of amides is 3.